The van der Waals surface area contributed by atoms with Gasteiger partial charge in [-0.2, -0.15) is 0 Å². The standard InChI is InChI=1S/C10H10ClF2NO2/c1-5-7(3-11)14-4-6(10(15)16-2)8(5)9(12)13/h4,9H,3H2,1-2H3. The van der Waals surface area contributed by atoms with Gasteiger partial charge in [-0.3, -0.25) is 4.98 Å². The lowest BCUT2D eigenvalue weighted by atomic mass is 10.0. The van der Waals surface area contributed by atoms with Gasteiger partial charge in [0.05, 0.1) is 24.2 Å². The number of pyridine rings is 1. The second-order valence-electron chi connectivity index (χ2n) is 3.08. The predicted octanol–water partition coefficient (Wildman–Crippen LogP) is 2.85. The third-order valence-corrected chi connectivity index (χ3v) is 2.48. The van der Waals surface area contributed by atoms with E-state index in [9.17, 15) is 13.6 Å². The van der Waals surface area contributed by atoms with E-state index >= 15 is 0 Å². The Morgan fingerprint density at radius 3 is 2.69 bits per heavy atom. The molecule has 0 aromatic carbocycles. The highest BCUT2D eigenvalue weighted by Gasteiger charge is 2.23. The first-order chi connectivity index (χ1) is 7.52. The second-order valence-corrected chi connectivity index (χ2v) is 3.35. The summed E-state index contributed by atoms with van der Waals surface area (Å²) in [4.78, 5) is 15.1. The largest absolute Gasteiger partial charge is 0.465 e. The van der Waals surface area contributed by atoms with Gasteiger partial charge >= 0.3 is 5.97 Å². The number of ether oxygens (including phenoxy) is 1. The number of rotatable bonds is 3. The van der Waals surface area contributed by atoms with Gasteiger partial charge in [-0.1, -0.05) is 0 Å². The van der Waals surface area contributed by atoms with Gasteiger partial charge in [0.2, 0.25) is 0 Å². The van der Waals surface area contributed by atoms with Crippen molar-refractivity contribution < 1.29 is 18.3 Å². The Hall–Kier alpha value is -1.23. The zero-order chi connectivity index (χ0) is 12.3. The Bertz CT molecular complexity index is 410. The lowest BCUT2D eigenvalue weighted by Crippen LogP contribution is -2.10. The van der Waals surface area contributed by atoms with Crippen molar-refractivity contribution in [2.75, 3.05) is 7.11 Å². The van der Waals surface area contributed by atoms with Crippen LogP contribution in [0, 0.1) is 6.92 Å². The highest BCUT2D eigenvalue weighted by Crippen LogP contribution is 2.28. The molecule has 0 unspecified atom stereocenters. The number of carbonyl (C=O) groups excluding carboxylic acids is 1. The van der Waals surface area contributed by atoms with E-state index in [1.807, 2.05) is 0 Å². The molecule has 0 amide bonds. The first-order valence-electron chi connectivity index (χ1n) is 4.43. The Labute approximate surface area is 96.4 Å². The van der Waals surface area contributed by atoms with Crippen LogP contribution in [0.3, 0.4) is 0 Å². The Kier molecular flexibility index (Phi) is 4.18. The molecule has 0 aliphatic heterocycles. The Morgan fingerprint density at radius 2 is 2.25 bits per heavy atom. The van der Waals surface area contributed by atoms with E-state index in [1.54, 1.807) is 0 Å². The minimum Gasteiger partial charge on any atom is -0.465 e. The summed E-state index contributed by atoms with van der Waals surface area (Å²) in [6.07, 6.45) is -1.70. The van der Waals surface area contributed by atoms with Crippen LogP contribution in [0.1, 0.15) is 33.6 Å². The molecule has 1 aromatic rings. The number of nitrogens with zero attached hydrogens (tertiary/aromatic N) is 1. The lowest BCUT2D eigenvalue weighted by molar-refractivity contribution is 0.0588. The fraction of sp³-hybridized carbons (Fsp3) is 0.400. The first kappa shape index (κ1) is 12.8. The van der Waals surface area contributed by atoms with Crippen LogP contribution in [0.4, 0.5) is 8.78 Å². The quantitative estimate of drug-likeness (QED) is 0.611. The molecule has 0 aliphatic rings. The van der Waals surface area contributed by atoms with Gasteiger partial charge in [0, 0.05) is 11.8 Å². The molecule has 0 N–H and O–H groups in total. The highest BCUT2D eigenvalue weighted by molar-refractivity contribution is 6.17. The summed E-state index contributed by atoms with van der Waals surface area (Å²) >= 11 is 5.55. The number of methoxy groups -OCH3 is 1. The number of aromatic nitrogens is 1. The van der Waals surface area contributed by atoms with E-state index in [1.165, 1.54) is 6.92 Å². The van der Waals surface area contributed by atoms with E-state index in [0.717, 1.165) is 13.3 Å². The molecule has 0 radical (unpaired) electrons. The molecule has 88 valence electrons. The van der Waals surface area contributed by atoms with Crippen molar-refractivity contribution in [1.82, 2.24) is 4.98 Å². The molecule has 0 saturated carbocycles. The summed E-state index contributed by atoms with van der Waals surface area (Å²) in [5.41, 5.74) is -0.0149. The number of hydrogen-bond donors (Lipinski definition) is 0. The van der Waals surface area contributed by atoms with Gasteiger partial charge in [0.25, 0.3) is 6.43 Å². The smallest absolute Gasteiger partial charge is 0.339 e. The summed E-state index contributed by atoms with van der Waals surface area (Å²) in [5.74, 6) is -0.806. The fourth-order valence-electron chi connectivity index (χ4n) is 1.35. The van der Waals surface area contributed by atoms with Gasteiger partial charge in [-0.15, -0.1) is 11.6 Å². The minimum atomic E-state index is -2.76. The molecule has 0 bridgehead atoms. The minimum absolute atomic E-state index is 0.0208. The molecule has 1 heterocycles. The second kappa shape index (κ2) is 5.21. The maximum absolute atomic E-state index is 12.8. The van der Waals surface area contributed by atoms with Crippen molar-refractivity contribution >= 4 is 17.6 Å². The van der Waals surface area contributed by atoms with Crippen molar-refractivity contribution in [2.24, 2.45) is 0 Å². The van der Waals surface area contributed by atoms with Crippen LogP contribution in [0.15, 0.2) is 6.20 Å². The van der Waals surface area contributed by atoms with Gasteiger partial charge in [0.1, 0.15) is 0 Å². The average Bonchev–Trinajstić information content (AvgIpc) is 2.26. The Balaban J connectivity index is 3.40. The van der Waals surface area contributed by atoms with Crippen molar-refractivity contribution in [3.63, 3.8) is 0 Å². The van der Waals surface area contributed by atoms with Gasteiger partial charge in [0.15, 0.2) is 0 Å². The maximum Gasteiger partial charge on any atom is 0.339 e. The van der Waals surface area contributed by atoms with Gasteiger partial charge < -0.3 is 4.74 Å². The average molecular weight is 250 g/mol. The maximum atomic E-state index is 12.8. The van der Waals surface area contributed by atoms with Crippen LogP contribution < -0.4 is 0 Å². The molecule has 0 saturated heterocycles. The van der Waals surface area contributed by atoms with E-state index in [0.29, 0.717) is 5.69 Å². The summed E-state index contributed by atoms with van der Waals surface area (Å²) in [7, 11) is 1.13. The normalized spacial score (nSPS) is 10.6. The van der Waals surface area contributed by atoms with Crippen molar-refractivity contribution in [1.29, 1.82) is 0 Å². The Morgan fingerprint density at radius 1 is 1.62 bits per heavy atom. The van der Waals surface area contributed by atoms with Gasteiger partial charge in [-0.25, -0.2) is 13.6 Å². The molecule has 6 heteroatoms. The number of carbonyl (C=O) groups is 1. The highest BCUT2D eigenvalue weighted by atomic mass is 35.5. The number of hydrogen-bond acceptors (Lipinski definition) is 3. The molecular weight excluding hydrogens is 240 g/mol. The van der Waals surface area contributed by atoms with E-state index in [4.69, 9.17) is 11.6 Å². The third-order valence-electron chi connectivity index (χ3n) is 2.23. The number of esters is 1. The zero-order valence-corrected chi connectivity index (χ0v) is 9.52. The van der Waals surface area contributed by atoms with E-state index < -0.39 is 12.4 Å². The van der Waals surface area contributed by atoms with E-state index in [2.05, 4.69) is 9.72 Å². The summed E-state index contributed by atoms with van der Waals surface area (Å²) in [6, 6.07) is 0. The first-order valence-corrected chi connectivity index (χ1v) is 4.97. The number of alkyl halides is 3. The molecule has 1 rings (SSSR count). The van der Waals surface area contributed by atoms with Crippen LogP contribution in [-0.4, -0.2) is 18.1 Å². The third kappa shape index (κ3) is 2.29. The monoisotopic (exact) mass is 249 g/mol. The van der Waals surface area contributed by atoms with Crippen molar-refractivity contribution in [3.05, 3.63) is 28.6 Å². The van der Waals surface area contributed by atoms with Crippen LogP contribution in [0.5, 0.6) is 0 Å². The predicted molar refractivity (Wildman–Crippen MR) is 54.8 cm³/mol. The van der Waals surface area contributed by atoms with Gasteiger partial charge in [-0.05, 0) is 12.5 Å². The topological polar surface area (TPSA) is 39.2 Å². The van der Waals surface area contributed by atoms with Crippen LogP contribution >= 0.6 is 11.6 Å². The SMILES string of the molecule is COC(=O)c1cnc(CCl)c(C)c1C(F)F. The molecule has 0 aliphatic carbocycles. The molecule has 0 atom stereocenters. The van der Waals surface area contributed by atoms with Crippen LogP contribution in [0.25, 0.3) is 0 Å². The lowest BCUT2D eigenvalue weighted by Gasteiger charge is -2.12. The summed E-state index contributed by atoms with van der Waals surface area (Å²) in [5, 5.41) is 0. The molecule has 16 heavy (non-hydrogen) atoms. The van der Waals surface area contributed by atoms with Crippen LogP contribution in [0.2, 0.25) is 0 Å². The van der Waals surface area contributed by atoms with Crippen molar-refractivity contribution in [2.45, 2.75) is 19.2 Å². The van der Waals surface area contributed by atoms with Crippen molar-refractivity contribution in [3.8, 4) is 0 Å². The molecule has 0 spiro atoms. The zero-order valence-electron chi connectivity index (χ0n) is 8.76. The van der Waals surface area contributed by atoms with E-state index in [-0.39, 0.29) is 22.6 Å². The summed E-state index contributed by atoms with van der Waals surface area (Å²) in [6.45, 7) is 1.46. The molecule has 0 fully saturated rings. The number of halogens is 3. The molecular formula is C10H10ClF2NO2. The molecule has 1 aromatic heterocycles. The fourth-order valence-corrected chi connectivity index (χ4v) is 1.62. The molecule has 3 nitrogen and oxygen atoms in total. The van der Waals surface area contributed by atoms with Crippen LogP contribution in [-0.2, 0) is 10.6 Å². The summed E-state index contributed by atoms with van der Waals surface area (Å²) < 4.78 is 30.1.